The summed E-state index contributed by atoms with van der Waals surface area (Å²) >= 11 is 0. The van der Waals surface area contributed by atoms with Crippen LogP contribution in [0.15, 0.2) is 0 Å². The first-order valence-electron chi connectivity index (χ1n) is 8.02. The van der Waals surface area contributed by atoms with E-state index in [9.17, 15) is 4.79 Å². The van der Waals surface area contributed by atoms with Crippen LogP contribution in [0.3, 0.4) is 0 Å². The van der Waals surface area contributed by atoms with Crippen LogP contribution >= 0.6 is 0 Å². The standard InChI is InChI=1S/C15H27N5O/c1-4-10(2)13(16)15(21)17-11(3)14-19-18-12-8-6-5-7-9-20(12)14/h10-11,13H,4-9,16H2,1-3H3,(H,17,21). The number of aryl methyl sites for hydroxylation is 1. The Balaban J connectivity index is 2.05. The molecule has 0 saturated carbocycles. The van der Waals surface area contributed by atoms with Gasteiger partial charge in [-0.05, 0) is 25.7 Å². The SMILES string of the molecule is CCC(C)C(N)C(=O)NC(C)c1nnc2n1CCCCC2. The maximum atomic E-state index is 12.2. The lowest BCUT2D eigenvalue weighted by Crippen LogP contribution is -2.45. The van der Waals surface area contributed by atoms with Crippen molar-refractivity contribution in [2.75, 3.05) is 0 Å². The third kappa shape index (κ3) is 3.61. The molecule has 0 radical (unpaired) electrons. The van der Waals surface area contributed by atoms with E-state index >= 15 is 0 Å². The van der Waals surface area contributed by atoms with E-state index in [4.69, 9.17) is 5.73 Å². The summed E-state index contributed by atoms with van der Waals surface area (Å²) in [6.07, 6.45) is 5.40. The fraction of sp³-hybridized carbons (Fsp3) is 0.800. The van der Waals surface area contributed by atoms with Gasteiger partial charge in [0, 0.05) is 13.0 Å². The molecule has 1 aromatic rings. The van der Waals surface area contributed by atoms with Gasteiger partial charge in [-0.25, -0.2) is 0 Å². The summed E-state index contributed by atoms with van der Waals surface area (Å²) in [6, 6.07) is -0.629. The zero-order valence-corrected chi connectivity index (χ0v) is 13.3. The number of hydrogen-bond donors (Lipinski definition) is 2. The van der Waals surface area contributed by atoms with Crippen LogP contribution in [0.25, 0.3) is 0 Å². The topological polar surface area (TPSA) is 85.8 Å². The lowest BCUT2D eigenvalue weighted by Gasteiger charge is -2.21. The molecular formula is C15H27N5O. The Kier molecular flexibility index (Phi) is 5.33. The minimum absolute atomic E-state index is 0.108. The molecule has 118 valence electrons. The van der Waals surface area contributed by atoms with Crippen LogP contribution in [-0.2, 0) is 17.8 Å². The maximum absolute atomic E-state index is 12.2. The number of nitrogens with two attached hydrogens (primary N) is 1. The van der Waals surface area contributed by atoms with Crippen molar-refractivity contribution in [2.45, 2.75) is 71.5 Å². The predicted octanol–water partition coefficient (Wildman–Crippen LogP) is 1.56. The summed E-state index contributed by atoms with van der Waals surface area (Å²) in [6.45, 7) is 6.93. The number of rotatable bonds is 5. The van der Waals surface area contributed by atoms with E-state index in [0.29, 0.717) is 0 Å². The van der Waals surface area contributed by atoms with Gasteiger partial charge in [0.2, 0.25) is 5.91 Å². The number of fused-ring (bicyclic) bond motifs is 1. The first kappa shape index (κ1) is 15.9. The molecule has 6 nitrogen and oxygen atoms in total. The maximum Gasteiger partial charge on any atom is 0.237 e. The lowest BCUT2D eigenvalue weighted by molar-refractivity contribution is -0.124. The summed E-state index contributed by atoms with van der Waals surface area (Å²) < 4.78 is 2.16. The van der Waals surface area contributed by atoms with E-state index in [1.54, 1.807) is 0 Å². The molecule has 0 fully saturated rings. The molecular weight excluding hydrogens is 266 g/mol. The van der Waals surface area contributed by atoms with E-state index in [0.717, 1.165) is 43.9 Å². The van der Waals surface area contributed by atoms with Gasteiger partial charge in [-0.15, -0.1) is 10.2 Å². The minimum atomic E-state index is -0.469. The Labute approximate surface area is 126 Å². The molecule has 1 amide bonds. The van der Waals surface area contributed by atoms with Gasteiger partial charge in [0.1, 0.15) is 5.82 Å². The van der Waals surface area contributed by atoms with Crippen LogP contribution < -0.4 is 11.1 Å². The molecule has 3 unspecified atom stereocenters. The number of nitrogens with zero attached hydrogens (tertiary/aromatic N) is 3. The molecule has 2 heterocycles. The summed E-state index contributed by atoms with van der Waals surface area (Å²) in [7, 11) is 0. The molecule has 0 aromatic carbocycles. The van der Waals surface area contributed by atoms with E-state index in [-0.39, 0.29) is 17.9 Å². The van der Waals surface area contributed by atoms with Gasteiger partial charge in [-0.1, -0.05) is 26.7 Å². The molecule has 21 heavy (non-hydrogen) atoms. The van der Waals surface area contributed by atoms with E-state index in [2.05, 4.69) is 20.1 Å². The fourth-order valence-corrected chi connectivity index (χ4v) is 2.71. The number of aromatic nitrogens is 3. The molecule has 3 atom stereocenters. The minimum Gasteiger partial charge on any atom is -0.345 e. The molecule has 0 spiro atoms. The highest BCUT2D eigenvalue weighted by atomic mass is 16.2. The predicted molar refractivity (Wildman–Crippen MR) is 81.6 cm³/mol. The smallest absolute Gasteiger partial charge is 0.237 e. The Morgan fingerprint density at radius 3 is 2.81 bits per heavy atom. The third-order valence-corrected chi connectivity index (χ3v) is 4.44. The third-order valence-electron chi connectivity index (χ3n) is 4.44. The first-order valence-corrected chi connectivity index (χ1v) is 8.02. The van der Waals surface area contributed by atoms with Crippen LogP contribution in [0.2, 0.25) is 0 Å². The van der Waals surface area contributed by atoms with Crippen molar-refractivity contribution in [3.63, 3.8) is 0 Å². The highest BCUT2D eigenvalue weighted by Crippen LogP contribution is 2.19. The molecule has 1 aromatic heterocycles. The van der Waals surface area contributed by atoms with Crippen molar-refractivity contribution in [3.8, 4) is 0 Å². The summed E-state index contributed by atoms with van der Waals surface area (Å²) in [4.78, 5) is 12.2. The van der Waals surface area contributed by atoms with Gasteiger partial charge in [0.15, 0.2) is 5.82 Å². The van der Waals surface area contributed by atoms with Crippen LogP contribution in [0.1, 0.15) is 64.1 Å². The van der Waals surface area contributed by atoms with E-state index in [1.807, 2.05) is 20.8 Å². The average molecular weight is 293 g/mol. The second-order valence-electron chi connectivity index (χ2n) is 6.08. The quantitative estimate of drug-likeness (QED) is 0.862. The molecule has 2 rings (SSSR count). The zero-order chi connectivity index (χ0) is 15.4. The van der Waals surface area contributed by atoms with Crippen molar-refractivity contribution in [3.05, 3.63) is 11.6 Å². The normalized spacial score (nSPS) is 19.2. The van der Waals surface area contributed by atoms with Crippen molar-refractivity contribution in [1.29, 1.82) is 0 Å². The summed E-state index contributed by atoms with van der Waals surface area (Å²) in [5.41, 5.74) is 5.98. The second-order valence-corrected chi connectivity index (χ2v) is 6.08. The van der Waals surface area contributed by atoms with Crippen molar-refractivity contribution < 1.29 is 4.79 Å². The van der Waals surface area contributed by atoms with Crippen molar-refractivity contribution in [1.82, 2.24) is 20.1 Å². The van der Waals surface area contributed by atoms with Crippen LogP contribution in [0.4, 0.5) is 0 Å². The Morgan fingerprint density at radius 2 is 2.10 bits per heavy atom. The Hall–Kier alpha value is -1.43. The zero-order valence-electron chi connectivity index (χ0n) is 13.3. The van der Waals surface area contributed by atoms with Gasteiger partial charge < -0.3 is 15.6 Å². The van der Waals surface area contributed by atoms with Gasteiger partial charge in [-0.2, -0.15) is 0 Å². The van der Waals surface area contributed by atoms with Crippen molar-refractivity contribution >= 4 is 5.91 Å². The highest BCUT2D eigenvalue weighted by Gasteiger charge is 2.24. The molecule has 0 saturated heterocycles. The monoisotopic (exact) mass is 293 g/mol. The molecule has 1 aliphatic heterocycles. The fourth-order valence-electron chi connectivity index (χ4n) is 2.71. The Morgan fingerprint density at radius 1 is 1.33 bits per heavy atom. The van der Waals surface area contributed by atoms with Crippen LogP contribution in [0.5, 0.6) is 0 Å². The number of amides is 1. The molecule has 6 heteroatoms. The van der Waals surface area contributed by atoms with E-state index in [1.165, 1.54) is 6.42 Å². The van der Waals surface area contributed by atoms with Crippen molar-refractivity contribution in [2.24, 2.45) is 11.7 Å². The number of hydrogen-bond acceptors (Lipinski definition) is 4. The largest absolute Gasteiger partial charge is 0.345 e. The summed E-state index contributed by atoms with van der Waals surface area (Å²) in [5.74, 6) is 1.95. The van der Waals surface area contributed by atoms with Gasteiger partial charge in [0.25, 0.3) is 0 Å². The molecule has 0 bridgehead atoms. The molecule has 3 N–H and O–H groups in total. The average Bonchev–Trinajstić information content (AvgIpc) is 2.74. The van der Waals surface area contributed by atoms with Crippen LogP contribution in [-0.4, -0.2) is 26.7 Å². The Bertz CT molecular complexity index is 484. The number of carbonyl (C=O) groups excluding carboxylic acids is 1. The van der Waals surface area contributed by atoms with Gasteiger partial charge in [-0.3, -0.25) is 4.79 Å². The van der Waals surface area contributed by atoms with Gasteiger partial charge >= 0.3 is 0 Å². The number of nitrogens with one attached hydrogen (secondary N) is 1. The van der Waals surface area contributed by atoms with Gasteiger partial charge in [0.05, 0.1) is 12.1 Å². The van der Waals surface area contributed by atoms with E-state index < -0.39 is 6.04 Å². The lowest BCUT2D eigenvalue weighted by atomic mass is 9.99. The number of carbonyl (C=O) groups is 1. The summed E-state index contributed by atoms with van der Waals surface area (Å²) in [5, 5.41) is 11.5. The van der Waals surface area contributed by atoms with Crippen LogP contribution in [0, 0.1) is 5.92 Å². The molecule has 0 aliphatic carbocycles. The second kappa shape index (κ2) is 7.02. The molecule has 1 aliphatic rings. The first-order chi connectivity index (χ1) is 10.0. The highest BCUT2D eigenvalue weighted by molar-refractivity contribution is 5.82.